The number of halogens is 1. The summed E-state index contributed by atoms with van der Waals surface area (Å²) in [7, 11) is 4.57. The highest BCUT2D eigenvalue weighted by atomic mass is 127. The van der Waals surface area contributed by atoms with Gasteiger partial charge in [0.15, 0.2) is 5.96 Å². The number of likely N-dealkylation sites (tertiary alicyclic amines) is 1. The molecule has 2 N–H and O–H groups in total. The molecule has 1 atom stereocenters. The molecule has 0 spiro atoms. The predicted molar refractivity (Wildman–Crippen MR) is 122 cm³/mol. The number of esters is 1. The van der Waals surface area contributed by atoms with Gasteiger partial charge in [0.05, 0.1) is 39.9 Å². The highest BCUT2D eigenvalue weighted by molar-refractivity contribution is 14.0. The first-order chi connectivity index (χ1) is 13.5. The molecule has 1 unspecified atom stereocenters. The summed E-state index contributed by atoms with van der Waals surface area (Å²) in [5.41, 5.74) is 0.681. The van der Waals surface area contributed by atoms with E-state index in [1.807, 2.05) is 6.92 Å². The third kappa shape index (κ3) is 7.22. The lowest BCUT2D eigenvalue weighted by Gasteiger charge is -2.33. The number of rotatable bonds is 7. The molecule has 1 heterocycles. The zero-order chi connectivity index (χ0) is 20.5. The van der Waals surface area contributed by atoms with Gasteiger partial charge >= 0.3 is 5.97 Å². The van der Waals surface area contributed by atoms with Crippen molar-refractivity contribution in [3.05, 3.63) is 23.8 Å². The molecule has 0 bridgehead atoms. The van der Waals surface area contributed by atoms with Crippen LogP contribution in [-0.4, -0.2) is 69.4 Å². The molecular weight excluding hydrogens is 489 g/mol. The molecular formula is C20H32IN3O5. The van der Waals surface area contributed by atoms with Crippen LogP contribution in [0.3, 0.4) is 0 Å². The standard InChI is InChI=1S/C20H31N3O5.HI/c1-5-21-20(23-8-6-14(7-9-23)19(25)28-4)22-13-18(24)15-10-16(26-2)12-17(11-15)27-3;/h10-12,14,18,24H,5-9,13H2,1-4H3,(H,21,22);1H. The third-order valence-electron chi connectivity index (χ3n) is 4.84. The Labute approximate surface area is 189 Å². The third-order valence-corrected chi connectivity index (χ3v) is 4.84. The van der Waals surface area contributed by atoms with Crippen molar-refractivity contribution in [1.29, 1.82) is 0 Å². The maximum Gasteiger partial charge on any atom is 0.308 e. The van der Waals surface area contributed by atoms with E-state index >= 15 is 0 Å². The summed E-state index contributed by atoms with van der Waals surface area (Å²) in [6.45, 7) is 4.36. The van der Waals surface area contributed by atoms with Gasteiger partial charge in [0, 0.05) is 25.7 Å². The summed E-state index contributed by atoms with van der Waals surface area (Å²) in [6.07, 6.45) is 0.671. The van der Waals surface area contributed by atoms with E-state index in [-0.39, 0.29) is 42.4 Å². The Morgan fingerprint density at radius 2 is 1.79 bits per heavy atom. The van der Waals surface area contributed by atoms with E-state index in [2.05, 4.69) is 15.2 Å². The summed E-state index contributed by atoms with van der Waals surface area (Å²) >= 11 is 0. The Bertz CT molecular complexity index is 656. The first-order valence-corrected chi connectivity index (χ1v) is 9.54. The lowest BCUT2D eigenvalue weighted by molar-refractivity contribution is -0.146. The molecule has 1 aromatic carbocycles. The van der Waals surface area contributed by atoms with E-state index in [4.69, 9.17) is 14.2 Å². The first-order valence-electron chi connectivity index (χ1n) is 9.54. The van der Waals surface area contributed by atoms with Crippen molar-refractivity contribution in [3.63, 3.8) is 0 Å². The van der Waals surface area contributed by atoms with Crippen molar-refractivity contribution in [3.8, 4) is 11.5 Å². The zero-order valence-corrected chi connectivity index (χ0v) is 19.8. The molecule has 1 aliphatic rings. The molecule has 9 heteroatoms. The summed E-state index contributed by atoms with van der Waals surface area (Å²) in [5, 5.41) is 13.9. The van der Waals surface area contributed by atoms with Crippen LogP contribution >= 0.6 is 24.0 Å². The van der Waals surface area contributed by atoms with E-state index in [1.54, 1.807) is 32.4 Å². The highest BCUT2D eigenvalue weighted by Crippen LogP contribution is 2.26. The van der Waals surface area contributed by atoms with Crippen molar-refractivity contribution >= 4 is 35.9 Å². The molecule has 29 heavy (non-hydrogen) atoms. The maximum atomic E-state index is 11.7. The molecule has 0 radical (unpaired) electrons. The van der Waals surface area contributed by atoms with Gasteiger partial charge in [-0.15, -0.1) is 24.0 Å². The number of benzene rings is 1. The fourth-order valence-corrected chi connectivity index (χ4v) is 3.22. The van der Waals surface area contributed by atoms with Crippen LogP contribution in [-0.2, 0) is 9.53 Å². The number of aliphatic hydroxyl groups is 1. The van der Waals surface area contributed by atoms with E-state index < -0.39 is 6.10 Å². The van der Waals surface area contributed by atoms with Crippen molar-refractivity contribution in [2.45, 2.75) is 25.9 Å². The lowest BCUT2D eigenvalue weighted by Crippen LogP contribution is -2.46. The molecule has 1 fully saturated rings. The second kappa shape index (κ2) is 12.7. The molecule has 0 saturated carbocycles. The van der Waals surface area contributed by atoms with Gasteiger partial charge in [0.1, 0.15) is 11.5 Å². The Kier molecular flexibility index (Phi) is 11.1. The molecule has 0 amide bonds. The van der Waals surface area contributed by atoms with Crippen LogP contribution in [0.15, 0.2) is 23.2 Å². The molecule has 1 saturated heterocycles. The van der Waals surface area contributed by atoms with Crippen molar-refractivity contribution < 1.29 is 24.1 Å². The molecule has 1 aromatic rings. The van der Waals surface area contributed by atoms with Gasteiger partial charge in [0.25, 0.3) is 0 Å². The highest BCUT2D eigenvalue weighted by Gasteiger charge is 2.27. The lowest BCUT2D eigenvalue weighted by atomic mass is 9.97. The number of guanidine groups is 1. The molecule has 8 nitrogen and oxygen atoms in total. The van der Waals surface area contributed by atoms with Crippen molar-refractivity contribution in [2.75, 3.05) is 47.5 Å². The zero-order valence-electron chi connectivity index (χ0n) is 17.5. The van der Waals surface area contributed by atoms with Gasteiger partial charge in [-0.3, -0.25) is 9.79 Å². The van der Waals surface area contributed by atoms with Gasteiger partial charge in [-0.2, -0.15) is 0 Å². The van der Waals surface area contributed by atoms with Crippen LogP contribution < -0.4 is 14.8 Å². The number of carbonyl (C=O) groups is 1. The van der Waals surface area contributed by atoms with Gasteiger partial charge < -0.3 is 29.5 Å². The summed E-state index contributed by atoms with van der Waals surface area (Å²) in [4.78, 5) is 18.4. The minimum absolute atomic E-state index is 0. The number of carbonyl (C=O) groups excluding carboxylic acids is 1. The normalized spacial score (nSPS) is 15.9. The number of nitrogens with zero attached hydrogens (tertiary/aromatic N) is 2. The summed E-state index contributed by atoms with van der Waals surface area (Å²) in [5.74, 6) is 1.77. The van der Waals surface area contributed by atoms with Gasteiger partial charge in [-0.25, -0.2) is 0 Å². The van der Waals surface area contributed by atoms with E-state index in [0.717, 1.165) is 25.3 Å². The van der Waals surface area contributed by atoms with E-state index in [9.17, 15) is 9.90 Å². The average Bonchev–Trinajstić information content (AvgIpc) is 2.75. The van der Waals surface area contributed by atoms with Gasteiger partial charge in [0.2, 0.25) is 0 Å². The number of nitrogens with one attached hydrogen (secondary N) is 1. The minimum Gasteiger partial charge on any atom is -0.497 e. The van der Waals surface area contributed by atoms with Crippen LogP contribution in [0.2, 0.25) is 0 Å². The largest absolute Gasteiger partial charge is 0.497 e. The topological polar surface area (TPSA) is 92.6 Å². The quantitative estimate of drug-likeness (QED) is 0.246. The van der Waals surface area contributed by atoms with E-state index in [1.165, 1.54) is 7.11 Å². The van der Waals surface area contributed by atoms with Crippen LogP contribution in [0.4, 0.5) is 0 Å². The number of hydrogen-bond acceptors (Lipinski definition) is 6. The summed E-state index contributed by atoms with van der Waals surface area (Å²) < 4.78 is 15.4. The molecule has 0 aliphatic carbocycles. The van der Waals surface area contributed by atoms with Crippen LogP contribution in [0.25, 0.3) is 0 Å². The number of piperidine rings is 1. The Morgan fingerprint density at radius 1 is 1.21 bits per heavy atom. The monoisotopic (exact) mass is 521 g/mol. The molecule has 164 valence electrons. The smallest absolute Gasteiger partial charge is 0.308 e. The molecule has 0 aromatic heterocycles. The minimum atomic E-state index is -0.787. The average molecular weight is 521 g/mol. The molecule has 2 rings (SSSR count). The maximum absolute atomic E-state index is 11.7. The summed E-state index contributed by atoms with van der Waals surface area (Å²) in [6, 6.07) is 5.31. The van der Waals surface area contributed by atoms with Crippen molar-refractivity contribution in [1.82, 2.24) is 10.2 Å². The number of aliphatic imine (C=N–C) groups is 1. The van der Waals surface area contributed by atoms with Crippen molar-refractivity contribution in [2.24, 2.45) is 10.9 Å². The first kappa shape index (κ1) is 25.3. The van der Waals surface area contributed by atoms with Gasteiger partial charge in [-0.05, 0) is 37.5 Å². The van der Waals surface area contributed by atoms with Crippen LogP contribution in [0, 0.1) is 5.92 Å². The SMILES string of the molecule is CCNC(=NCC(O)c1cc(OC)cc(OC)c1)N1CCC(C(=O)OC)CC1.I. The predicted octanol–water partition coefficient (Wildman–Crippen LogP) is 2.21. The van der Waals surface area contributed by atoms with E-state index in [0.29, 0.717) is 30.2 Å². The number of ether oxygens (including phenoxy) is 3. The van der Waals surface area contributed by atoms with Gasteiger partial charge in [-0.1, -0.05) is 0 Å². The fourth-order valence-electron chi connectivity index (χ4n) is 3.22. The Hall–Kier alpha value is -1.75. The van der Waals surface area contributed by atoms with Crippen LogP contribution in [0.5, 0.6) is 11.5 Å². The number of methoxy groups -OCH3 is 3. The van der Waals surface area contributed by atoms with Crippen LogP contribution in [0.1, 0.15) is 31.4 Å². The second-order valence-corrected chi connectivity index (χ2v) is 6.64. The number of hydrogen-bond donors (Lipinski definition) is 2. The second-order valence-electron chi connectivity index (χ2n) is 6.64. The molecule has 1 aliphatic heterocycles. The fraction of sp³-hybridized carbons (Fsp3) is 0.600. The Morgan fingerprint density at radius 3 is 2.28 bits per heavy atom. The Balaban J connectivity index is 0.00000420. The number of aliphatic hydroxyl groups excluding tert-OH is 1.